The van der Waals surface area contributed by atoms with Crippen LogP contribution in [0.15, 0.2) is 65.6 Å². The van der Waals surface area contributed by atoms with Crippen LogP contribution in [0.2, 0.25) is 0 Å². The first-order valence-corrected chi connectivity index (χ1v) is 11.4. The summed E-state index contributed by atoms with van der Waals surface area (Å²) in [6.45, 7) is 0. The monoisotopic (exact) mass is 412 g/mol. The molecule has 1 saturated heterocycles. The van der Waals surface area contributed by atoms with Crippen LogP contribution < -0.4 is 4.90 Å². The normalized spacial score (nSPS) is 21.1. The lowest BCUT2D eigenvalue weighted by Crippen LogP contribution is -2.51. The SMILES string of the molecule is O=C1CC(N(C2CCCCC2)S(=O)(=O)c2ccccc2)C(=O)N1c1ccccc1. The molecular formula is C22H24N2O4S. The van der Waals surface area contributed by atoms with Crippen LogP contribution in [0, 0.1) is 0 Å². The molecule has 1 unspecified atom stereocenters. The summed E-state index contributed by atoms with van der Waals surface area (Å²) in [7, 11) is -3.91. The van der Waals surface area contributed by atoms with Gasteiger partial charge < -0.3 is 0 Å². The van der Waals surface area contributed by atoms with Crippen LogP contribution in [-0.4, -0.2) is 36.6 Å². The number of benzene rings is 2. The maximum absolute atomic E-state index is 13.6. The molecule has 2 amide bonds. The maximum Gasteiger partial charge on any atom is 0.252 e. The van der Waals surface area contributed by atoms with Crippen molar-refractivity contribution in [3.8, 4) is 0 Å². The molecule has 7 heteroatoms. The molecule has 2 aromatic rings. The second-order valence-electron chi connectivity index (χ2n) is 7.56. The second kappa shape index (κ2) is 8.08. The fourth-order valence-corrected chi connectivity index (χ4v) is 6.18. The van der Waals surface area contributed by atoms with Gasteiger partial charge >= 0.3 is 0 Å². The molecule has 1 heterocycles. The van der Waals surface area contributed by atoms with Gasteiger partial charge in [-0.2, -0.15) is 4.31 Å². The lowest BCUT2D eigenvalue weighted by Gasteiger charge is -2.36. The summed E-state index contributed by atoms with van der Waals surface area (Å²) in [6.07, 6.45) is 4.18. The molecule has 0 spiro atoms. The summed E-state index contributed by atoms with van der Waals surface area (Å²) in [4.78, 5) is 27.3. The van der Waals surface area contributed by atoms with Crippen LogP contribution >= 0.6 is 0 Å². The quantitative estimate of drug-likeness (QED) is 0.706. The highest BCUT2D eigenvalue weighted by Gasteiger charge is 2.49. The Bertz CT molecular complexity index is 986. The molecule has 1 aliphatic heterocycles. The zero-order valence-corrected chi connectivity index (χ0v) is 16.9. The second-order valence-corrected chi connectivity index (χ2v) is 9.41. The molecule has 1 atom stereocenters. The standard InChI is InChI=1S/C22H24N2O4S/c25-21-16-20(22(26)23(21)17-10-4-1-5-11-17)24(18-12-6-2-7-13-18)29(27,28)19-14-8-3-9-15-19/h1,3-5,8-11,14-15,18,20H,2,6-7,12-13,16H2. The largest absolute Gasteiger partial charge is 0.274 e. The molecule has 29 heavy (non-hydrogen) atoms. The van der Waals surface area contributed by atoms with Crippen molar-refractivity contribution < 1.29 is 18.0 Å². The third-order valence-electron chi connectivity index (χ3n) is 5.70. The van der Waals surface area contributed by atoms with Crippen molar-refractivity contribution in [1.29, 1.82) is 0 Å². The van der Waals surface area contributed by atoms with Crippen LogP contribution in [0.25, 0.3) is 0 Å². The minimum atomic E-state index is -3.91. The molecule has 2 aromatic carbocycles. The molecule has 2 aliphatic rings. The number of sulfonamides is 1. The first kappa shape index (κ1) is 19.8. The predicted molar refractivity (Wildman–Crippen MR) is 110 cm³/mol. The van der Waals surface area contributed by atoms with Crippen molar-refractivity contribution >= 4 is 27.5 Å². The molecule has 4 rings (SSSR count). The Labute approximate surface area is 171 Å². The number of nitrogens with zero attached hydrogens (tertiary/aromatic N) is 2. The Hall–Kier alpha value is -2.51. The van der Waals surface area contributed by atoms with E-state index in [9.17, 15) is 18.0 Å². The van der Waals surface area contributed by atoms with Gasteiger partial charge in [0.1, 0.15) is 6.04 Å². The molecule has 0 radical (unpaired) electrons. The predicted octanol–water partition coefficient (Wildman–Crippen LogP) is 3.34. The van der Waals surface area contributed by atoms with Crippen LogP contribution in [-0.2, 0) is 19.6 Å². The van der Waals surface area contributed by atoms with Gasteiger partial charge in [-0.05, 0) is 37.1 Å². The lowest BCUT2D eigenvalue weighted by molar-refractivity contribution is -0.122. The van der Waals surface area contributed by atoms with Crippen LogP contribution in [0.4, 0.5) is 5.69 Å². The number of para-hydroxylation sites is 1. The van der Waals surface area contributed by atoms with Crippen LogP contribution in [0.5, 0.6) is 0 Å². The van der Waals surface area contributed by atoms with Crippen molar-refractivity contribution in [3.05, 3.63) is 60.7 Å². The summed E-state index contributed by atoms with van der Waals surface area (Å²) < 4.78 is 28.5. The number of rotatable bonds is 5. The molecule has 0 aromatic heterocycles. The van der Waals surface area contributed by atoms with Crippen molar-refractivity contribution in [2.75, 3.05) is 4.90 Å². The Kier molecular flexibility index (Phi) is 5.52. The zero-order valence-electron chi connectivity index (χ0n) is 16.1. The Morgan fingerprint density at radius 3 is 2.03 bits per heavy atom. The summed E-state index contributed by atoms with van der Waals surface area (Å²) in [5.74, 6) is -0.832. The lowest BCUT2D eigenvalue weighted by atomic mass is 9.94. The molecule has 0 N–H and O–H groups in total. The number of hydrogen-bond acceptors (Lipinski definition) is 4. The average Bonchev–Trinajstić information content (AvgIpc) is 3.03. The van der Waals surface area contributed by atoms with Gasteiger partial charge in [0.05, 0.1) is 17.0 Å². The van der Waals surface area contributed by atoms with E-state index in [4.69, 9.17) is 0 Å². The number of carbonyl (C=O) groups is 2. The molecule has 0 bridgehead atoms. The minimum absolute atomic E-state index is 0.129. The summed E-state index contributed by atoms with van der Waals surface area (Å²) in [5, 5.41) is 0. The number of hydrogen-bond donors (Lipinski definition) is 0. The van der Waals surface area contributed by atoms with Gasteiger partial charge in [0.25, 0.3) is 5.91 Å². The number of amides is 2. The Morgan fingerprint density at radius 2 is 1.41 bits per heavy atom. The van der Waals surface area contributed by atoms with Crippen LogP contribution in [0.1, 0.15) is 38.5 Å². The Morgan fingerprint density at radius 1 is 0.828 bits per heavy atom. The molecule has 2 fully saturated rings. The third-order valence-corrected chi connectivity index (χ3v) is 7.67. The van der Waals surface area contributed by atoms with E-state index in [1.807, 2.05) is 0 Å². The first-order chi connectivity index (χ1) is 14.0. The summed E-state index contributed by atoms with van der Waals surface area (Å²) in [6, 6.07) is 15.6. The van der Waals surface area contributed by atoms with Gasteiger partial charge in [-0.1, -0.05) is 55.7 Å². The molecule has 6 nitrogen and oxygen atoms in total. The number of imide groups is 1. The van der Waals surface area contributed by atoms with E-state index in [0.29, 0.717) is 18.5 Å². The fraction of sp³-hybridized carbons (Fsp3) is 0.364. The van der Waals surface area contributed by atoms with Gasteiger partial charge in [0.15, 0.2) is 0 Å². The minimum Gasteiger partial charge on any atom is -0.274 e. The highest BCUT2D eigenvalue weighted by Crippen LogP contribution is 2.34. The van der Waals surface area contributed by atoms with E-state index >= 15 is 0 Å². The average molecular weight is 413 g/mol. The molecule has 1 saturated carbocycles. The van der Waals surface area contributed by atoms with Crippen molar-refractivity contribution in [1.82, 2.24) is 4.31 Å². The smallest absolute Gasteiger partial charge is 0.252 e. The van der Waals surface area contributed by atoms with Gasteiger partial charge in [0.2, 0.25) is 15.9 Å². The highest BCUT2D eigenvalue weighted by atomic mass is 32.2. The van der Waals surface area contributed by atoms with E-state index in [2.05, 4.69) is 0 Å². The summed E-state index contributed by atoms with van der Waals surface area (Å²) >= 11 is 0. The van der Waals surface area contributed by atoms with Gasteiger partial charge in [-0.15, -0.1) is 0 Å². The van der Waals surface area contributed by atoms with Crippen molar-refractivity contribution in [2.24, 2.45) is 0 Å². The van der Waals surface area contributed by atoms with Gasteiger partial charge in [-0.3, -0.25) is 9.59 Å². The van der Waals surface area contributed by atoms with Crippen LogP contribution in [0.3, 0.4) is 0 Å². The van der Waals surface area contributed by atoms with E-state index < -0.39 is 22.0 Å². The van der Waals surface area contributed by atoms with E-state index in [1.54, 1.807) is 60.7 Å². The molecular weight excluding hydrogens is 388 g/mol. The van der Waals surface area contributed by atoms with Crippen molar-refractivity contribution in [3.63, 3.8) is 0 Å². The first-order valence-electron chi connectivity index (χ1n) is 10.0. The Balaban J connectivity index is 1.74. The highest BCUT2D eigenvalue weighted by molar-refractivity contribution is 7.89. The van der Waals surface area contributed by atoms with E-state index in [0.717, 1.165) is 24.2 Å². The summed E-state index contributed by atoms with van der Waals surface area (Å²) in [5.41, 5.74) is 0.478. The number of anilines is 1. The maximum atomic E-state index is 13.6. The van der Waals surface area contributed by atoms with E-state index in [1.165, 1.54) is 4.31 Å². The van der Waals surface area contributed by atoms with E-state index in [-0.39, 0.29) is 23.3 Å². The van der Waals surface area contributed by atoms with Gasteiger partial charge in [-0.25, -0.2) is 13.3 Å². The molecule has 1 aliphatic carbocycles. The van der Waals surface area contributed by atoms with Gasteiger partial charge in [0, 0.05) is 6.04 Å². The van der Waals surface area contributed by atoms with Crippen molar-refractivity contribution in [2.45, 2.75) is 55.5 Å². The third kappa shape index (κ3) is 3.72. The number of carbonyl (C=O) groups excluding carboxylic acids is 2. The fourth-order valence-electron chi connectivity index (χ4n) is 4.33. The molecule has 152 valence electrons. The topological polar surface area (TPSA) is 74.8 Å². The zero-order chi connectivity index (χ0) is 20.4.